The van der Waals surface area contributed by atoms with Crippen LogP contribution < -0.4 is 10.5 Å². The minimum Gasteiger partial charge on any atom is -0.494 e. The van der Waals surface area contributed by atoms with Crippen molar-refractivity contribution in [1.29, 1.82) is 0 Å². The molecule has 0 aliphatic rings. The van der Waals surface area contributed by atoms with E-state index in [2.05, 4.69) is 0 Å². The van der Waals surface area contributed by atoms with Crippen LogP contribution in [0.3, 0.4) is 0 Å². The number of carbonyl (C=O) groups is 1. The number of hydrogen-bond donors (Lipinski definition) is 1. The number of aryl methyl sites for hydroxylation is 1. The number of hydrogen-bond acceptors (Lipinski definition) is 3. The lowest BCUT2D eigenvalue weighted by atomic mass is 9.91. The molecule has 0 saturated carbocycles. The monoisotopic (exact) mass is 283 g/mol. The Bertz CT molecular complexity index is 673. The molecular weight excluding hydrogens is 262 g/mol. The van der Waals surface area contributed by atoms with Gasteiger partial charge in [0.25, 0.3) is 0 Å². The van der Waals surface area contributed by atoms with E-state index in [1.807, 2.05) is 33.8 Å². The molecule has 2 aromatic carbocycles. The van der Waals surface area contributed by atoms with Crippen molar-refractivity contribution in [1.82, 2.24) is 0 Å². The first-order chi connectivity index (χ1) is 9.95. The minimum absolute atomic E-state index is 0.0242. The highest BCUT2D eigenvalue weighted by Crippen LogP contribution is 2.29. The third kappa shape index (κ3) is 2.92. The van der Waals surface area contributed by atoms with E-state index in [1.54, 1.807) is 24.3 Å². The van der Waals surface area contributed by atoms with Crippen LogP contribution >= 0.6 is 0 Å². The first-order valence-electron chi connectivity index (χ1n) is 7.09. The van der Waals surface area contributed by atoms with Gasteiger partial charge in [-0.25, -0.2) is 0 Å². The van der Waals surface area contributed by atoms with Crippen LogP contribution in [-0.4, -0.2) is 12.4 Å². The zero-order valence-corrected chi connectivity index (χ0v) is 13.0. The number of ether oxygens (including phenoxy) is 1. The quantitative estimate of drug-likeness (QED) is 0.685. The normalized spacial score (nSPS) is 10.5. The van der Waals surface area contributed by atoms with Gasteiger partial charge in [-0.2, -0.15) is 0 Å². The van der Waals surface area contributed by atoms with E-state index in [9.17, 15) is 4.79 Å². The van der Waals surface area contributed by atoms with Crippen LogP contribution in [0.15, 0.2) is 30.3 Å². The molecule has 0 saturated heterocycles. The van der Waals surface area contributed by atoms with Crippen LogP contribution in [0.4, 0.5) is 5.69 Å². The fraction of sp³-hybridized carbons (Fsp3) is 0.278. The molecule has 0 aliphatic heterocycles. The van der Waals surface area contributed by atoms with Crippen molar-refractivity contribution >= 4 is 11.5 Å². The molecule has 0 spiro atoms. The van der Waals surface area contributed by atoms with E-state index in [1.165, 1.54) is 0 Å². The van der Waals surface area contributed by atoms with Gasteiger partial charge in [0.05, 0.1) is 6.61 Å². The lowest BCUT2D eigenvalue weighted by Crippen LogP contribution is -2.09. The average Bonchev–Trinajstić information content (AvgIpc) is 2.45. The number of rotatable bonds is 4. The van der Waals surface area contributed by atoms with Crippen molar-refractivity contribution in [3.05, 3.63) is 58.1 Å². The van der Waals surface area contributed by atoms with Crippen molar-refractivity contribution in [2.45, 2.75) is 27.7 Å². The Morgan fingerprint density at radius 3 is 2.29 bits per heavy atom. The Hall–Kier alpha value is -2.29. The Balaban J connectivity index is 2.51. The smallest absolute Gasteiger partial charge is 0.193 e. The van der Waals surface area contributed by atoms with Gasteiger partial charge in [0.15, 0.2) is 5.78 Å². The van der Waals surface area contributed by atoms with Gasteiger partial charge in [0, 0.05) is 16.8 Å². The number of benzene rings is 2. The molecule has 2 N–H and O–H groups in total. The third-order valence-electron chi connectivity index (χ3n) is 3.75. The van der Waals surface area contributed by atoms with Crippen molar-refractivity contribution in [3.63, 3.8) is 0 Å². The van der Waals surface area contributed by atoms with Gasteiger partial charge in [-0.3, -0.25) is 4.79 Å². The van der Waals surface area contributed by atoms with Gasteiger partial charge in [0.2, 0.25) is 0 Å². The molecule has 0 bridgehead atoms. The number of carbonyl (C=O) groups excluding carboxylic acids is 1. The van der Waals surface area contributed by atoms with Crippen molar-refractivity contribution in [3.8, 4) is 5.75 Å². The van der Waals surface area contributed by atoms with Gasteiger partial charge in [-0.05, 0) is 74.7 Å². The maximum absolute atomic E-state index is 12.7. The van der Waals surface area contributed by atoms with Crippen LogP contribution in [0, 0.1) is 20.8 Å². The molecule has 3 heteroatoms. The Labute approximate surface area is 125 Å². The Kier molecular flexibility index (Phi) is 4.32. The number of nitrogen functional groups attached to an aromatic ring is 1. The molecule has 0 heterocycles. The fourth-order valence-corrected chi connectivity index (χ4v) is 2.48. The first-order valence-corrected chi connectivity index (χ1v) is 7.09. The van der Waals surface area contributed by atoms with Crippen LogP contribution in [0.25, 0.3) is 0 Å². The van der Waals surface area contributed by atoms with E-state index in [0.29, 0.717) is 17.9 Å². The summed E-state index contributed by atoms with van der Waals surface area (Å²) in [4.78, 5) is 12.7. The lowest BCUT2D eigenvalue weighted by Gasteiger charge is -2.16. The maximum Gasteiger partial charge on any atom is 0.193 e. The summed E-state index contributed by atoms with van der Waals surface area (Å²) < 4.78 is 5.63. The summed E-state index contributed by atoms with van der Waals surface area (Å²) in [7, 11) is 0. The molecule has 0 aliphatic carbocycles. The molecule has 0 unspecified atom stereocenters. The highest BCUT2D eigenvalue weighted by molar-refractivity contribution is 6.11. The predicted octanol–water partition coefficient (Wildman–Crippen LogP) is 3.82. The van der Waals surface area contributed by atoms with E-state index in [-0.39, 0.29) is 5.78 Å². The molecule has 0 fully saturated rings. The zero-order valence-electron chi connectivity index (χ0n) is 13.0. The van der Waals surface area contributed by atoms with Crippen LogP contribution in [0.2, 0.25) is 0 Å². The van der Waals surface area contributed by atoms with Crippen LogP contribution in [-0.2, 0) is 0 Å². The summed E-state index contributed by atoms with van der Waals surface area (Å²) in [6, 6.07) is 8.97. The Morgan fingerprint density at radius 1 is 1.10 bits per heavy atom. The van der Waals surface area contributed by atoms with E-state index >= 15 is 0 Å². The molecule has 0 atom stereocenters. The molecular formula is C18H21NO2. The molecule has 21 heavy (non-hydrogen) atoms. The highest BCUT2D eigenvalue weighted by Gasteiger charge is 2.18. The molecule has 2 aromatic rings. The van der Waals surface area contributed by atoms with Gasteiger partial charge in [-0.15, -0.1) is 0 Å². The standard InChI is InChI=1S/C18H21NO2/c1-5-21-16-10-11(2)17(13(4)12(16)3)18(20)14-6-8-15(19)9-7-14/h6-10H,5,19H2,1-4H3. The van der Waals surface area contributed by atoms with Gasteiger partial charge < -0.3 is 10.5 Å². The average molecular weight is 283 g/mol. The van der Waals surface area contributed by atoms with Gasteiger partial charge in [0.1, 0.15) is 5.75 Å². The number of ketones is 1. The molecule has 0 radical (unpaired) electrons. The van der Waals surface area contributed by atoms with Crippen molar-refractivity contribution in [2.24, 2.45) is 0 Å². The summed E-state index contributed by atoms with van der Waals surface area (Å²) >= 11 is 0. The Morgan fingerprint density at radius 2 is 1.71 bits per heavy atom. The van der Waals surface area contributed by atoms with Gasteiger partial charge in [-0.1, -0.05) is 0 Å². The predicted molar refractivity (Wildman–Crippen MR) is 86.1 cm³/mol. The largest absolute Gasteiger partial charge is 0.494 e. The molecule has 2 rings (SSSR count). The first kappa shape index (κ1) is 15.1. The SMILES string of the molecule is CCOc1cc(C)c(C(=O)c2ccc(N)cc2)c(C)c1C. The lowest BCUT2D eigenvalue weighted by molar-refractivity contribution is 0.103. The van der Waals surface area contributed by atoms with E-state index in [4.69, 9.17) is 10.5 Å². The fourth-order valence-electron chi connectivity index (χ4n) is 2.48. The van der Waals surface area contributed by atoms with Gasteiger partial charge >= 0.3 is 0 Å². The third-order valence-corrected chi connectivity index (χ3v) is 3.75. The summed E-state index contributed by atoms with van der Waals surface area (Å²) in [6.07, 6.45) is 0. The van der Waals surface area contributed by atoms with Crippen molar-refractivity contribution in [2.75, 3.05) is 12.3 Å². The highest BCUT2D eigenvalue weighted by atomic mass is 16.5. The van der Waals surface area contributed by atoms with Crippen LogP contribution in [0.1, 0.15) is 39.5 Å². The second-order valence-corrected chi connectivity index (χ2v) is 5.20. The summed E-state index contributed by atoms with van der Waals surface area (Å²) in [5.74, 6) is 0.873. The second-order valence-electron chi connectivity index (χ2n) is 5.20. The van der Waals surface area contributed by atoms with E-state index < -0.39 is 0 Å². The number of anilines is 1. The second kappa shape index (κ2) is 6.00. The summed E-state index contributed by atoms with van der Waals surface area (Å²) in [6.45, 7) is 8.47. The summed E-state index contributed by atoms with van der Waals surface area (Å²) in [5.41, 5.74) is 10.7. The molecule has 3 nitrogen and oxygen atoms in total. The van der Waals surface area contributed by atoms with Crippen molar-refractivity contribution < 1.29 is 9.53 Å². The number of nitrogens with two attached hydrogens (primary N) is 1. The van der Waals surface area contributed by atoms with E-state index in [0.717, 1.165) is 28.0 Å². The molecule has 110 valence electrons. The summed E-state index contributed by atoms with van der Waals surface area (Å²) in [5, 5.41) is 0. The maximum atomic E-state index is 12.7. The van der Waals surface area contributed by atoms with Crippen LogP contribution in [0.5, 0.6) is 5.75 Å². The topological polar surface area (TPSA) is 52.3 Å². The zero-order chi connectivity index (χ0) is 15.6. The molecule has 0 aromatic heterocycles. The molecule has 0 amide bonds. The minimum atomic E-state index is 0.0242.